The van der Waals surface area contributed by atoms with Gasteiger partial charge in [-0.2, -0.15) is 0 Å². The third-order valence-electron chi connectivity index (χ3n) is 6.93. The van der Waals surface area contributed by atoms with E-state index in [1.807, 2.05) is 12.1 Å². The summed E-state index contributed by atoms with van der Waals surface area (Å²) in [5.41, 5.74) is 7.86. The molecule has 0 spiro atoms. The molecule has 0 amide bonds. The van der Waals surface area contributed by atoms with Crippen molar-refractivity contribution >= 4 is 0 Å². The number of phenols is 1. The van der Waals surface area contributed by atoms with Gasteiger partial charge in [-0.25, -0.2) is 0 Å². The van der Waals surface area contributed by atoms with Crippen LogP contribution in [-0.2, 0) is 6.42 Å². The number of benzene rings is 1. The van der Waals surface area contributed by atoms with Gasteiger partial charge in [0, 0.05) is 5.41 Å². The number of nitrogens with two attached hydrogens (primary N) is 1. The number of hydrogen-bond acceptors (Lipinski definition) is 3. The van der Waals surface area contributed by atoms with Gasteiger partial charge in [0.05, 0.1) is 0 Å². The van der Waals surface area contributed by atoms with Crippen LogP contribution in [0.5, 0.6) is 5.75 Å². The second-order valence-corrected chi connectivity index (χ2v) is 7.72. The molecule has 0 aliphatic heterocycles. The van der Waals surface area contributed by atoms with Crippen LogP contribution in [0.2, 0.25) is 0 Å². The average molecular weight is 287 g/mol. The fourth-order valence-electron chi connectivity index (χ4n) is 5.62. The van der Waals surface area contributed by atoms with Crippen LogP contribution in [0.4, 0.5) is 0 Å². The van der Waals surface area contributed by atoms with Crippen LogP contribution in [0.25, 0.3) is 0 Å². The third kappa shape index (κ3) is 1.74. The highest BCUT2D eigenvalue weighted by Gasteiger charge is 2.60. The summed E-state index contributed by atoms with van der Waals surface area (Å²) in [5.74, 6) is 2.14. The molecule has 3 aliphatic rings. The van der Waals surface area contributed by atoms with Crippen molar-refractivity contribution in [3.05, 3.63) is 29.3 Å². The van der Waals surface area contributed by atoms with Crippen LogP contribution < -0.4 is 5.73 Å². The molecule has 0 aromatic heterocycles. The van der Waals surface area contributed by atoms with E-state index in [2.05, 4.69) is 13.0 Å². The number of aryl methyl sites for hydroxylation is 1. The van der Waals surface area contributed by atoms with Crippen LogP contribution in [0.3, 0.4) is 0 Å². The van der Waals surface area contributed by atoms with Crippen LogP contribution in [-0.4, -0.2) is 15.9 Å². The first-order valence-corrected chi connectivity index (χ1v) is 8.25. The standard InChI is InChI=1S/C18H25NO2/c1-17-8-6-14-13-5-3-12(20)10-11(13)2-4-15(14)16(17)7-9-18(17,19)21/h3,5,10,14-16,20-21H,2,4,6-9,19H2,1H3/t14-,15-,16+,17+,18-/m1/s1. The summed E-state index contributed by atoms with van der Waals surface area (Å²) in [5, 5.41) is 20.3. The molecule has 0 saturated heterocycles. The molecule has 4 N–H and O–H groups in total. The highest BCUT2D eigenvalue weighted by Crippen LogP contribution is 2.62. The van der Waals surface area contributed by atoms with Gasteiger partial charge in [-0.15, -0.1) is 0 Å². The Hall–Kier alpha value is -1.06. The first-order valence-electron chi connectivity index (χ1n) is 8.25. The van der Waals surface area contributed by atoms with Crippen molar-refractivity contribution in [2.45, 2.75) is 57.1 Å². The van der Waals surface area contributed by atoms with Gasteiger partial charge >= 0.3 is 0 Å². The van der Waals surface area contributed by atoms with Gasteiger partial charge in [0.25, 0.3) is 0 Å². The van der Waals surface area contributed by atoms with E-state index < -0.39 is 5.72 Å². The minimum Gasteiger partial charge on any atom is -0.508 e. The predicted molar refractivity (Wildman–Crippen MR) is 81.9 cm³/mol. The molecule has 114 valence electrons. The number of fused-ring (bicyclic) bond motifs is 5. The van der Waals surface area contributed by atoms with Gasteiger partial charge < -0.3 is 15.9 Å². The van der Waals surface area contributed by atoms with Crippen molar-refractivity contribution in [2.24, 2.45) is 23.0 Å². The van der Waals surface area contributed by atoms with E-state index >= 15 is 0 Å². The number of phenolic OH excluding ortho intramolecular Hbond substituents is 1. The van der Waals surface area contributed by atoms with Crippen LogP contribution in [0.15, 0.2) is 18.2 Å². The molecular weight excluding hydrogens is 262 g/mol. The number of aromatic hydroxyl groups is 1. The van der Waals surface area contributed by atoms with Crippen LogP contribution in [0.1, 0.15) is 56.1 Å². The lowest BCUT2D eigenvalue weighted by atomic mass is 9.54. The summed E-state index contributed by atoms with van der Waals surface area (Å²) in [7, 11) is 0. The zero-order valence-corrected chi connectivity index (χ0v) is 12.7. The number of aliphatic hydroxyl groups is 1. The summed E-state index contributed by atoms with van der Waals surface area (Å²) < 4.78 is 0. The second-order valence-electron chi connectivity index (χ2n) is 7.72. The Bertz CT molecular complexity index is 583. The van der Waals surface area contributed by atoms with E-state index in [0.717, 1.165) is 38.5 Å². The SMILES string of the molecule is C[C@]12CC[C@@H]3c4ccc(O)cc4CC[C@H]3[C@@H]1CC[C@@]2(N)O. The van der Waals surface area contributed by atoms with Crippen molar-refractivity contribution in [1.82, 2.24) is 0 Å². The lowest BCUT2D eigenvalue weighted by Crippen LogP contribution is -2.55. The van der Waals surface area contributed by atoms with E-state index in [4.69, 9.17) is 5.73 Å². The molecule has 3 aliphatic carbocycles. The topological polar surface area (TPSA) is 66.5 Å². The molecule has 2 saturated carbocycles. The van der Waals surface area contributed by atoms with Gasteiger partial charge in [0.15, 0.2) is 0 Å². The maximum absolute atomic E-state index is 10.6. The fourth-order valence-corrected chi connectivity index (χ4v) is 5.62. The van der Waals surface area contributed by atoms with E-state index in [9.17, 15) is 10.2 Å². The first kappa shape index (κ1) is 13.6. The minimum atomic E-state index is -0.988. The van der Waals surface area contributed by atoms with E-state index in [-0.39, 0.29) is 5.41 Å². The summed E-state index contributed by atoms with van der Waals surface area (Å²) in [6.07, 6.45) is 6.11. The van der Waals surface area contributed by atoms with Crippen LogP contribution in [0, 0.1) is 17.3 Å². The Morgan fingerprint density at radius 3 is 2.81 bits per heavy atom. The van der Waals surface area contributed by atoms with Crippen molar-refractivity contribution in [1.29, 1.82) is 0 Å². The maximum atomic E-state index is 10.6. The monoisotopic (exact) mass is 287 g/mol. The van der Waals surface area contributed by atoms with E-state index in [0.29, 0.717) is 23.5 Å². The van der Waals surface area contributed by atoms with Crippen molar-refractivity contribution in [3.8, 4) is 5.75 Å². The molecule has 3 heteroatoms. The summed E-state index contributed by atoms with van der Waals surface area (Å²) >= 11 is 0. The maximum Gasteiger partial charge on any atom is 0.119 e. The molecule has 5 atom stereocenters. The Morgan fingerprint density at radius 2 is 2.00 bits per heavy atom. The average Bonchev–Trinajstić information content (AvgIpc) is 2.69. The van der Waals surface area contributed by atoms with Crippen LogP contribution >= 0.6 is 0 Å². The van der Waals surface area contributed by atoms with Gasteiger partial charge in [-0.3, -0.25) is 0 Å². The molecule has 0 unspecified atom stereocenters. The highest BCUT2D eigenvalue weighted by molar-refractivity contribution is 5.40. The minimum absolute atomic E-state index is 0.122. The molecule has 4 rings (SSSR count). The number of rotatable bonds is 0. The molecule has 3 nitrogen and oxygen atoms in total. The zero-order chi connectivity index (χ0) is 14.8. The first-order chi connectivity index (χ1) is 9.92. The molecule has 0 radical (unpaired) electrons. The Morgan fingerprint density at radius 1 is 1.19 bits per heavy atom. The third-order valence-corrected chi connectivity index (χ3v) is 6.93. The Balaban J connectivity index is 1.72. The molecular formula is C18H25NO2. The molecule has 21 heavy (non-hydrogen) atoms. The summed E-state index contributed by atoms with van der Waals surface area (Å²) in [6, 6.07) is 5.88. The second kappa shape index (κ2) is 4.23. The molecule has 0 bridgehead atoms. The zero-order valence-electron chi connectivity index (χ0n) is 12.7. The van der Waals surface area contributed by atoms with Gasteiger partial charge in [0.1, 0.15) is 11.5 Å². The quantitative estimate of drug-likeness (QED) is 0.643. The molecule has 1 aromatic rings. The van der Waals surface area contributed by atoms with Gasteiger partial charge in [-0.05, 0) is 79.5 Å². The largest absolute Gasteiger partial charge is 0.508 e. The highest BCUT2D eigenvalue weighted by atomic mass is 16.3. The Labute approximate surface area is 126 Å². The van der Waals surface area contributed by atoms with E-state index in [1.165, 1.54) is 11.1 Å². The predicted octanol–water partition coefficient (Wildman–Crippen LogP) is 2.90. The summed E-state index contributed by atoms with van der Waals surface area (Å²) in [4.78, 5) is 0. The van der Waals surface area contributed by atoms with Gasteiger partial charge in [0.2, 0.25) is 0 Å². The fraction of sp³-hybridized carbons (Fsp3) is 0.667. The van der Waals surface area contributed by atoms with Crippen molar-refractivity contribution in [3.63, 3.8) is 0 Å². The van der Waals surface area contributed by atoms with Crippen molar-refractivity contribution < 1.29 is 10.2 Å². The normalized spacial score (nSPS) is 44.8. The van der Waals surface area contributed by atoms with Gasteiger partial charge in [-0.1, -0.05) is 13.0 Å². The smallest absolute Gasteiger partial charge is 0.119 e. The lowest BCUT2D eigenvalue weighted by Gasteiger charge is -2.52. The molecule has 2 fully saturated rings. The Kier molecular flexibility index (Phi) is 2.74. The van der Waals surface area contributed by atoms with E-state index in [1.54, 1.807) is 0 Å². The number of hydrogen-bond donors (Lipinski definition) is 3. The molecule has 0 heterocycles. The summed E-state index contributed by atoms with van der Waals surface area (Å²) in [6.45, 7) is 2.20. The molecule has 1 aromatic carbocycles. The lowest BCUT2D eigenvalue weighted by molar-refractivity contribution is -0.0984. The van der Waals surface area contributed by atoms with Crippen molar-refractivity contribution in [2.75, 3.05) is 0 Å².